The number of carbonyl (C=O) groups is 2. The summed E-state index contributed by atoms with van der Waals surface area (Å²) in [5.74, 6) is -0.577. The van der Waals surface area contributed by atoms with Gasteiger partial charge in [-0.15, -0.1) is 0 Å². The molecule has 3 rings (SSSR count). The Morgan fingerprint density at radius 3 is 2.24 bits per heavy atom. The van der Waals surface area contributed by atoms with Gasteiger partial charge in [0.15, 0.2) is 18.1 Å². The predicted molar refractivity (Wildman–Crippen MR) is 127 cm³/mol. The second-order valence-electron chi connectivity index (χ2n) is 7.55. The molecule has 0 fully saturated rings. The molecule has 13 nitrogen and oxygen atoms in total. The van der Waals surface area contributed by atoms with E-state index in [0.29, 0.717) is 17.2 Å². The molecule has 0 aromatic heterocycles. The number of hydrogen-bond acceptors (Lipinski definition) is 11. The van der Waals surface area contributed by atoms with Crippen LogP contribution in [-0.4, -0.2) is 48.4 Å². The molecule has 0 bridgehead atoms. The van der Waals surface area contributed by atoms with E-state index in [0.717, 1.165) is 19.9 Å². The highest BCUT2D eigenvalue weighted by molar-refractivity contribution is 5.79. The standard InChI is InChI=1S/C24H22N2O11/c1-14(27)34-12-20(26(31)32)23(17-5-7-18(33-3)8-6-17)24(37-15(2)28)19(25(29)30)10-16-4-9-21-22(11-16)36-13-35-21/h4-11,24H,12-13H2,1-3H3. The lowest BCUT2D eigenvalue weighted by Crippen LogP contribution is -2.28. The molecule has 0 N–H and O–H groups in total. The van der Waals surface area contributed by atoms with Crippen LogP contribution in [0.25, 0.3) is 11.6 Å². The van der Waals surface area contributed by atoms with Gasteiger partial charge in [-0.05, 0) is 35.4 Å². The summed E-state index contributed by atoms with van der Waals surface area (Å²) in [6.07, 6.45) is -0.759. The van der Waals surface area contributed by atoms with Crippen molar-refractivity contribution in [1.82, 2.24) is 0 Å². The van der Waals surface area contributed by atoms with Crippen LogP contribution in [-0.2, 0) is 19.1 Å². The predicted octanol–water partition coefficient (Wildman–Crippen LogP) is 3.22. The van der Waals surface area contributed by atoms with Crippen molar-refractivity contribution in [2.45, 2.75) is 20.0 Å². The van der Waals surface area contributed by atoms with Gasteiger partial charge in [0.05, 0.1) is 22.5 Å². The molecule has 0 spiro atoms. The van der Waals surface area contributed by atoms with Crippen LogP contribution >= 0.6 is 0 Å². The number of nitrogens with zero attached hydrogens (tertiary/aromatic N) is 2. The summed E-state index contributed by atoms with van der Waals surface area (Å²) >= 11 is 0. The smallest absolute Gasteiger partial charge is 0.303 e. The minimum atomic E-state index is -1.86. The van der Waals surface area contributed by atoms with E-state index < -0.39 is 45.9 Å². The third-order valence-corrected chi connectivity index (χ3v) is 5.08. The van der Waals surface area contributed by atoms with E-state index in [2.05, 4.69) is 0 Å². The minimum Gasteiger partial charge on any atom is -0.497 e. The number of carbonyl (C=O) groups excluding carboxylic acids is 2. The van der Waals surface area contributed by atoms with Crippen LogP contribution < -0.4 is 14.2 Å². The molecule has 0 amide bonds. The molecule has 0 aliphatic carbocycles. The molecular formula is C24H22N2O11. The minimum absolute atomic E-state index is 0.0205. The number of benzene rings is 2. The van der Waals surface area contributed by atoms with Gasteiger partial charge in [-0.3, -0.25) is 29.8 Å². The summed E-state index contributed by atoms with van der Waals surface area (Å²) in [7, 11) is 1.41. The van der Waals surface area contributed by atoms with Crippen LogP contribution in [0.15, 0.2) is 53.9 Å². The van der Waals surface area contributed by atoms with Gasteiger partial charge >= 0.3 is 11.9 Å². The second kappa shape index (κ2) is 11.7. The molecule has 1 heterocycles. The van der Waals surface area contributed by atoms with Gasteiger partial charge in [-0.1, -0.05) is 18.2 Å². The van der Waals surface area contributed by atoms with E-state index in [1.807, 2.05) is 0 Å². The fourth-order valence-electron chi connectivity index (χ4n) is 3.47. The molecular weight excluding hydrogens is 492 g/mol. The molecule has 1 unspecified atom stereocenters. The molecule has 2 aromatic rings. The number of fused-ring (bicyclic) bond motifs is 1. The van der Waals surface area contributed by atoms with Crippen molar-refractivity contribution in [2.24, 2.45) is 0 Å². The lowest BCUT2D eigenvalue weighted by Gasteiger charge is -2.19. The Balaban J connectivity index is 2.27. The number of hydrogen-bond donors (Lipinski definition) is 0. The molecule has 1 aliphatic heterocycles. The number of nitro groups is 2. The van der Waals surface area contributed by atoms with Gasteiger partial charge in [0.25, 0.3) is 11.4 Å². The van der Waals surface area contributed by atoms with Gasteiger partial charge in [0, 0.05) is 19.9 Å². The molecule has 37 heavy (non-hydrogen) atoms. The van der Waals surface area contributed by atoms with Crippen LogP contribution in [0.4, 0.5) is 0 Å². The Labute approximate surface area is 210 Å². The van der Waals surface area contributed by atoms with E-state index in [1.54, 1.807) is 0 Å². The first-order valence-electron chi connectivity index (χ1n) is 10.7. The Morgan fingerprint density at radius 1 is 1.00 bits per heavy atom. The summed E-state index contributed by atoms with van der Waals surface area (Å²) < 4.78 is 25.8. The zero-order valence-electron chi connectivity index (χ0n) is 20.0. The van der Waals surface area contributed by atoms with Crippen LogP contribution in [0.5, 0.6) is 17.2 Å². The fraction of sp³-hybridized carbons (Fsp3) is 0.250. The lowest BCUT2D eigenvalue weighted by atomic mass is 9.95. The fourth-order valence-corrected chi connectivity index (χ4v) is 3.47. The van der Waals surface area contributed by atoms with E-state index in [-0.39, 0.29) is 23.5 Å². The number of esters is 2. The number of ether oxygens (including phenoxy) is 5. The second-order valence-corrected chi connectivity index (χ2v) is 7.55. The zero-order chi connectivity index (χ0) is 27.1. The summed E-state index contributed by atoms with van der Waals surface area (Å²) in [5, 5.41) is 24.3. The van der Waals surface area contributed by atoms with Crippen LogP contribution in [0.3, 0.4) is 0 Å². The van der Waals surface area contributed by atoms with E-state index in [1.165, 1.54) is 49.6 Å². The Hall–Kier alpha value is -4.94. The Morgan fingerprint density at radius 2 is 1.68 bits per heavy atom. The van der Waals surface area contributed by atoms with Crippen molar-refractivity contribution < 1.29 is 43.1 Å². The third-order valence-electron chi connectivity index (χ3n) is 5.08. The van der Waals surface area contributed by atoms with Gasteiger partial charge in [0.1, 0.15) is 5.75 Å². The molecule has 0 saturated heterocycles. The van der Waals surface area contributed by atoms with Crippen molar-refractivity contribution in [3.05, 3.63) is 85.2 Å². The van der Waals surface area contributed by atoms with Crippen molar-refractivity contribution in [3.8, 4) is 17.2 Å². The van der Waals surface area contributed by atoms with Gasteiger partial charge in [0.2, 0.25) is 12.9 Å². The maximum atomic E-state index is 12.2. The Kier molecular flexibility index (Phi) is 8.40. The highest BCUT2D eigenvalue weighted by atomic mass is 16.7. The summed E-state index contributed by atoms with van der Waals surface area (Å²) in [6.45, 7) is 1.20. The van der Waals surface area contributed by atoms with Gasteiger partial charge in [-0.2, -0.15) is 0 Å². The van der Waals surface area contributed by atoms with Crippen molar-refractivity contribution in [1.29, 1.82) is 0 Å². The average molecular weight is 514 g/mol. The molecule has 194 valence electrons. The average Bonchev–Trinajstić information content (AvgIpc) is 3.31. The molecule has 2 aromatic carbocycles. The first-order chi connectivity index (χ1) is 17.6. The maximum absolute atomic E-state index is 12.2. The van der Waals surface area contributed by atoms with Crippen molar-refractivity contribution in [3.63, 3.8) is 0 Å². The SMILES string of the molecule is COc1ccc(C(=C(COC(C)=O)[N+](=O)[O-])C(OC(C)=O)C(=Cc2ccc3c(c2)OCO3)[N+](=O)[O-])cc1. The van der Waals surface area contributed by atoms with Crippen LogP contribution in [0.2, 0.25) is 0 Å². The van der Waals surface area contributed by atoms with Crippen LogP contribution in [0, 0.1) is 20.2 Å². The summed E-state index contributed by atoms with van der Waals surface area (Å²) in [5.41, 5.74) is -1.38. The molecule has 0 saturated carbocycles. The van der Waals surface area contributed by atoms with Crippen LogP contribution in [0.1, 0.15) is 25.0 Å². The summed E-state index contributed by atoms with van der Waals surface area (Å²) in [6, 6.07) is 10.3. The van der Waals surface area contributed by atoms with E-state index in [4.69, 9.17) is 23.7 Å². The highest BCUT2D eigenvalue weighted by Gasteiger charge is 2.39. The summed E-state index contributed by atoms with van der Waals surface area (Å²) in [4.78, 5) is 46.2. The topological polar surface area (TPSA) is 167 Å². The zero-order valence-corrected chi connectivity index (χ0v) is 20.0. The van der Waals surface area contributed by atoms with Gasteiger partial charge in [-0.25, -0.2) is 0 Å². The van der Waals surface area contributed by atoms with E-state index in [9.17, 15) is 29.8 Å². The van der Waals surface area contributed by atoms with Crippen molar-refractivity contribution in [2.75, 3.05) is 20.5 Å². The normalized spacial score (nSPS) is 13.8. The monoisotopic (exact) mass is 514 g/mol. The number of rotatable bonds is 10. The lowest BCUT2D eigenvalue weighted by molar-refractivity contribution is -0.435. The molecule has 13 heteroatoms. The molecule has 0 radical (unpaired) electrons. The third kappa shape index (κ3) is 6.60. The van der Waals surface area contributed by atoms with Crippen molar-refractivity contribution >= 4 is 23.6 Å². The first kappa shape index (κ1) is 26.7. The molecule has 1 atom stereocenters. The first-order valence-corrected chi connectivity index (χ1v) is 10.7. The highest BCUT2D eigenvalue weighted by Crippen LogP contribution is 2.35. The molecule has 1 aliphatic rings. The van der Waals surface area contributed by atoms with Gasteiger partial charge < -0.3 is 23.7 Å². The Bertz CT molecular complexity index is 1280. The van der Waals surface area contributed by atoms with E-state index >= 15 is 0 Å². The largest absolute Gasteiger partial charge is 0.497 e. The quantitative estimate of drug-likeness (QED) is 0.259. The maximum Gasteiger partial charge on any atom is 0.303 e. The number of methoxy groups -OCH3 is 1.